The molecule has 0 N–H and O–H groups in total. The number of carbonyl (C=O) groups excluding carboxylic acids is 1. The molecule has 1 aromatic heterocycles. The molecular weight excluding hydrogens is 168 g/mol. The van der Waals surface area contributed by atoms with Crippen molar-refractivity contribution in [3.05, 3.63) is 17.5 Å². The van der Waals surface area contributed by atoms with Gasteiger partial charge in [-0.25, -0.2) is 4.79 Å². The SMILES string of the molecule is COC(=O)c1cc(C)n(C(C)C)n1. The van der Waals surface area contributed by atoms with Crippen LogP contribution >= 0.6 is 0 Å². The normalized spacial score (nSPS) is 10.5. The fourth-order valence-electron chi connectivity index (χ4n) is 1.21. The van der Waals surface area contributed by atoms with Crippen LogP contribution in [0.5, 0.6) is 0 Å². The molecule has 0 radical (unpaired) electrons. The van der Waals surface area contributed by atoms with Gasteiger partial charge in [-0.1, -0.05) is 0 Å². The molecule has 4 heteroatoms. The second-order valence-electron chi connectivity index (χ2n) is 3.20. The zero-order chi connectivity index (χ0) is 10.0. The first-order chi connectivity index (χ1) is 6.06. The Kier molecular flexibility index (Phi) is 2.70. The van der Waals surface area contributed by atoms with Gasteiger partial charge >= 0.3 is 5.97 Å². The molecule has 0 aliphatic rings. The quantitative estimate of drug-likeness (QED) is 0.652. The van der Waals surface area contributed by atoms with E-state index in [1.807, 2.05) is 20.8 Å². The first-order valence-electron chi connectivity index (χ1n) is 4.20. The van der Waals surface area contributed by atoms with Gasteiger partial charge in [0.05, 0.1) is 7.11 Å². The van der Waals surface area contributed by atoms with E-state index in [4.69, 9.17) is 0 Å². The Morgan fingerprint density at radius 1 is 1.62 bits per heavy atom. The highest BCUT2D eigenvalue weighted by Gasteiger charge is 2.13. The van der Waals surface area contributed by atoms with E-state index in [0.717, 1.165) is 5.69 Å². The lowest BCUT2D eigenvalue weighted by atomic mass is 10.3. The predicted molar refractivity (Wildman–Crippen MR) is 48.7 cm³/mol. The largest absolute Gasteiger partial charge is 0.464 e. The maximum Gasteiger partial charge on any atom is 0.358 e. The van der Waals surface area contributed by atoms with Crippen LogP contribution in [0.3, 0.4) is 0 Å². The molecule has 0 fully saturated rings. The number of methoxy groups -OCH3 is 1. The molecule has 0 bridgehead atoms. The number of aryl methyl sites for hydroxylation is 1. The standard InChI is InChI=1S/C9H14N2O2/c1-6(2)11-7(3)5-8(10-11)9(12)13-4/h5-6H,1-4H3. The van der Waals surface area contributed by atoms with Crippen LogP contribution in [-0.2, 0) is 4.74 Å². The molecule has 0 spiro atoms. The zero-order valence-electron chi connectivity index (χ0n) is 8.37. The van der Waals surface area contributed by atoms with Crippen LogP contribution < -0.4 is 0 Å². The second kappa shape index (κ2) is 3.60. The Morgan fingerprint density at radius 2 is 2.23 bits per heavy atom. The van der Waals surface area contributed by atoms with E-state index in [2.05, 4.69) is 9.84 Å². The van der Waals surface area contributed by atoms with Gasteiger partial charge in [-0.3, -0.25) is 4.68 Å². The molecule has 0 aromatic carbocycles. The molecule has 0 saturated heterocycles. The average Bonchev–Trinajstić information content (AvgIpc) is 2.46. The van der Waals surface area contributed by atoms with E-state index in [1.165, 1.54) is 7.11 Å². The smallest absolute Gasteiger partial charge is 0.358 e. The van der Waals surface area contributed by atoms with Crippen LogP contribution in [-0.4, -0.2) is 22.9 Å². The Labute approximate surface area is 77.5 Å². The first kappa shape index (κ1) is 9.77. The van der Waals surface area contributed by atoms with Crippen LogP contribution in [0.4, 0.5) is 0 Å². The highest BCUT2D eigenvalue weighted by molar-refractivity contribution is 5.87. The van der Waals surface area contributed by atoms with Crippen molar-refractivity contribution in [2.45, 2.75) is 26.8 Å². The monoisotopic (exact) mass is 182 g/mol. The van der Waals surface area contributed by atoms with Gasteiger partial charge in [-0.05, 0) is 26.8 Å². The number of rotatable bonds is 2. The van der Waals surface area contributed by atoms with Crippen LogP contribution in [0.15, 0.2) is 6.07 Å². The molecule has 0 saturated carbocycles. The summed E-state index contributed by atoms with van der Waals surface area (Å²) in [6.45, 7) is 5.95. The molecule has 72 valence electrons. The van der Waals surface area contributed by atoms with Crippen molar-refractivity contribution in [2.24, 2.45) is 0 Å². The molecule has 0 amide bonds. The second-order valence-corrected chi connectivity index (χ2v) is 3.20. The highest BCUT2D eigenvalue weighted by atomic mass is 16.5. The maximum atomic E-state index is 11.1. The average molecular weight is 182 g/mol. The highest BCUT2D eigenvalue weighted by Crippen LogP contribution is 2.10. The van der Waals surface area contributed by atoms with Gasteiger partial charge in [-0.15, -0.1) is 0 Å². The van der Waals surface area contributed by atoms with E-state index in [0.29, 0.717) is 5.69 Å². The van der Waals surface area contributed by atoms with Crippen LogP contribution in [0.25, 0.3) is 0 Å². The topological polar surface area (TPSA) is 44.1 Å². The Hall–Kier alpha value is -1.32. The molecule has 0 aliphatic carbocycles. The molecule has 1 aromatic rings. The summed E-state index contributed by atoms with van der Waals surface area (Å²) in [5.74, 6) is -0.387. The summed E-state index contributed by atoms with van der Waals surface area (Å²) in [6.07, 6.45) is 0. The number of aromatic nitrogens is 2. The van der Waals surface area contributed by atoms with Crippen LogP contribution in [0.2, 0.25) is 0 Å². The van der Waals surface area contributed by atoms with Gasteiger partial charge in [-0.2, -0.15) is 5.10 Å². The van der Waals surface area contributed by atoms with E-state index < -0.39 is 0 Å². The summed E-state index contributed by atoms with van der Waals surface area (Å²) >= 11 is 0. The number of esters is 1. The third-order valence-corrected chi connectivity index (χ3v) is 1.81. The summed E-state index contributed by atoms with van der Waals surface area (Å²) in [5.41, 5.74) is 1.34. The molecule has 4 nitrogen and oxygen atoms in total. The van der Waals surface area contributed by atoms with Gasteiger partial charge in [0, 0.05) is 11.7 Å². The summed E-state index contributed by atoms with van der Waals surface area (Å²) in [6, 6.07) is 1.99. The Bertz CT molecular complexity index is 315. The Morgan fingerprint density at radius 3 is 2.62 bits per heavy atom. The van der Waals surface area contributed by atoms with E-state index in [-0.39, 0.29) is 12.0 Å². The molecule has 13 heavy (non-hydrogen) atoms. The fraction of sp³-hybridized carbons (Fsp3) is 0.556. The lowest BCUT2D eigenvalue weighted by Gasteiger charge is -2.06. The molecular formula is C9H14N2O2. The van der Waals surface area contributed by atoms with E-state index in [9.17, 15) is 4.79 Å². The molecule has 0 aliphatic heterocycles. The van der Waals surface area contributed by atoms with Crippen molar-refractivity contribution >= 4 is 5.97 Å². The summed E-state index contributed by atoms with van der Waals surface area (Å²) < 4.78 is 6.37. The minimum Gasteiger partial charge on any atom is -0.464 e. The fourth-order valence-corrected chi connectivity index (χ4v) is 1.21. The number of ether oxygens (including phenoxy) is 1. The zero-order valence-corrected chi connectivity index (χ0v) is 8.37. The van der Waals surface area contributed by atoms with Gasteiger partial charge in [0.1, 0.15) is 0 Å². The van der Waals surface area contributed by atoms with E-state index >= 15 is 0 Å². The first-order valence-corrected chi connectivity index (χ1v) is 4.20. The van der Waals surface area contributed by atoms with Crippen molar-refractivity contribution < 1.29 is 9.53 Å². The van der Waals surface area contributed by atoms with Crippen molar-refractivity contribution in [3.63, 3.8) is 0 Å². The maximum absolute atomic E-state index is 11.1. The lowest BCUT2D eigenvalue weighted by molar-refractivity contribution is 0.0593. The van der Waals surface area contributed by atoms with Crippen LogP contribution in [0, 0.1) is 6.92 Å². The number of nitrogens with zero attached hydrogens (tertiary/aromatic N) is 2. The molecule has 0 unspecified atom stereocenters. The van der Waals surface area contributed by atoms with Crippen molar-refractivity contribution in [3.8, 4) is 0 Å². The van der Waals surface area contributed by atoms with Crippen molar-refractivity contribution in [2.75, 3.05) is 7.11 Å². The van der Waals surface area contributed by atoms with Crippen molar-refractivity contribution in [1.82, 2.24) is 9.78 Å². The number of hydrogen-bond donors (Lipinski definition) is 0. The molecule has 1 heterocycles. The molecule has 0 atom stereocenters. The molecule has 1 rings (SSSR count). The lowest BCUT2D eigenvalue weighted by Crippen LogP contribution is -2.07. The summed E-state index contributed by atoms with van der Waals surface area (Å²) in [5, 5.41) is 4.12. The number of hydrogen-bond acceptors (Lipinski definition) is 3. The Balaban J connectivity index is 3.02. The van der Waals surface area contributed by atoms with Crippen LogP contribution in [0.1, 0.15) is 36.1 Å². The summed E-state index contributed by atoms with van der Waals surface area (Å²) in [4.78, 5) is 11.1. The predicted octanol–water partition coefficient (Wildman–Crippen LogP) is 1.56. The van der Waals surface area contributed by atoms with Gasteiger partial charge in [0.25, 0.3) is 0 Å². The third-order valence-electron chi connectivity index (χ3n) is 1.81. The van der Waals surface area contributed by atoms with E-state index in [1.54, 1.807) is 10.7 Å². The third kappa shape index (κ3) is 1.88. The summed E-state index contributed by atoms with van der Waals surface area (Å²) in [7, 11) is 1.35. The minimum absolute atomic E-state index is 0.262. The van der Waals surface area contributed by atoms with Gasteiger partial charge in [0.2, 0.25) is 0 Å². The van der Waals surface area contributed by atoms with Crippen molar-refractivity contribution in [1.29, 1.82) is 0 Å². The van der Waals surface area contributed by atoms with Gasteiger partial charge < -0.3 is 4.74 Å². The number of carbonyl (C=O) groups is 1. The van der Waals surface area contributed by atoms with Gasteiger partial charge in [0.15, 0.2) is 5.69 Å². The minimum atomic E-state index is -0.387.